The third-order valence-corrected chi connectivity index (χ3v) is 3.91. The first-order chi connectivity index (χ1) is 8.52. The summed E-state index contributed by atoms with van der Waals surface area (Å²) >= 11 is 0. The molecule has 0 fully saturated rings. The van der Waals surface area contributed by atoms with Crippen molar-refractivity contribution in [3.63, 3.8) is 0 Å². The van der Waals surface area contributed by atoms with Crippen molar-refractivity contribution in [1.29, 1.82) is 0 Å². The van der Waals surface area contributed by atoms with E-state index in [0.717, 1.165) is 0 Å². The van der Waals surface area contributed by atoms with Gasteiger partial charge in [0.25, 0.3) is 0 Å². The number of carboxylic acids is 1. The number of hydrogen-bond acceptors (Lipinski definition) is 2. The summed E-state index contributed by atoms with van der Waals surface area (Å²) in [7, 11) is 1.70. The van der Waals surface area contributed by atoms with Crippen molar-refractivity contribution in [3.05, 3.63) is 0 Å². The molecule has 0 aliphatic carbocycles. The lowest BCUT2D eigenvalue weighted by molar-refractivity contribution is -0.140. The number of nitrogens with one attached hydrogen (secondary N) is 1. The number of amides is 2. The minimum absolute atomic E-state index is 0.0128. The number of rotatable bonds is 5. The summed E-state index contributed by atoms with van der Waals surface area (Å²) in [6, 6.07) is -1.17. The van der Waals surface area contributed by atoms with E-state index in [-0.39, 0.29) is 23.4 Å². The number of carbonyl (C=O) groups is 2. The van der Waals surface area contributed by atoms with E-state index in [4.69, 9.17) is 0 Å². The van der Waals surface area contributed by atoms with Crippen LogP contribution in [0.2, 0.25) is 0 Å². The highest BCUT2D eigenvalue weighted by molar-refractivity contribution is 5.82. The predicted octanol–water partition coefficient (Wildman–Crippen LogP) is 2.56. The fraction of sp³-hybridized carbons (Fsp3) is 0.857. The molecule has 0 aromatic heterocycles. The Morgan fingerprint density at radius 1 is 1.26 bits per heavy atom. The number of carbonyl (C=O) groups excluding carboxylic acids is 1. The van der Waals surface area contributed by atoms with Crippen LogP contribution in [0.3, 0.4) is 0 Å². The molecule has 0 heterocycles. The van der Waals surface area contributed by atoms with Crippen molar-refractivity contribution in [2.75, 3.05) is 7.05 Å². The Morgan fingerprint density at radius 3 is 2.05 bits per heavy atom. The molecule has 3 unspecified atom stereocenters. The number of aliphatic carboxylic acids is 1. The van der Waals surface area contributed by atoms with Crippen molar-refractivity contribution in [2.45, 2.75) is 60.0 Å². The van der Waals surface area contributed by atoms with Crippen molar-refractivity contribution in [3.8, 4) is 0 Å². The Labute approximate surface area is 116 Å². The van der Waals surface area contributed by atoms with Crippen LogP contribution in [0.25, 0.3) is 0 Å². The molecule has 19 heavy (non-hydrogen) atoms. The van der Waals surface area contributed by atoms with Crippen LogP contribution in [-0.2, 0) is 4.79 Å². The van der Waals surface area contributed by atoms with Crippen molar-refractivity contribution >= 4 is 12.0 Å². The molecule has 0 radical (unpaired) electrons. The molecule has 5 heteroatoms. The molecule has 2 amide bonds. The maximum atomic E-state index is 12.1. The molecule has 112 valence electrons. The summed E-state index contributed by atoms with van der Waals surface area (Å²) in [5.41, 5.74) is -0.0544. The second kappa shape index (κ2) is 6.78. The molecule has 0 aromatic carbocycles. The van der Waals surface area contributed by atoms with Crippen LogP contribution in [0.5, 0.6) is 0 Å². The van der Waals surface area contributed by atoms with Gasteiger partial charge in [0.05, 0.1) is 0 Å². The third kappa shape index (κ3) is 5.09. The Hall–Kier alpha value is -1.26. The van der Waals surface area contributed by atoms with E-state index < -0.39 is 12.0 Å². The molecule has 0 spiro atoms. The first kappa shape index (κ1) is 17.7. The van der Waals surface area contributed by atoms with Crippen LogP contribution >= 0.6 is 0 Å². The average molecular weight is 272 g/mol. The molecule has 0 saturated heterocycles. The monoisotopic (exact) mass is 272 g/mol. The van der Waals surface area contributed by atoms with Crippen LogP contribution in [0, 0.1) is 11.3 Å². The quantitative estimate of drug-likeness (QED) is 0.808. The van der Waals surface area contributed by atoms with E-state index in [2.05, 4.69) is 5.32 Å². The average Bonchev–Trinajstić information content (AvgIpc) is 2.31. The topological polar surface area (TPSA) is 69.6 Å². The van der Waals surface area contributed by atoms with Gasteiger partial charge in [0.15, 0.2) is 0 Å². The van der Waals surface area contributed by atoms with Crippen LogP contribution in [0.15, 0.2) is 0 Å². The van der Waals surface area contributed by atoms with Crippen LogP contribution < -0.4 is 5.32 Å². The van der Waals surface area contributed by atoms with E-state index in [1.165, 1.54) is 0 Å². The zero-order chi connectivity index (χ0) is 15.4. The van der Waals surface area contributed by atoms with Crippen molar-refractivity contribution in [1.82, 2.24) is 10.2 Å². The second-order valence-corrected chi connectivity index (χ2v) is 6.30. The molecule has 0 aromatic rings. The first-order valence-electron chi connectivity index (χ1n) is 6.78. The number of hydrogen-bond donors (Lipinski definition) is 2. The van der Waals surface area contributed by atoms with Gasteiger partial charge < -0.3 is 15.3 Å². The van der Waals surface area contributed by atoms with E-state index in [0.29, 0.717) is 6.42 Å². The third-order valence-electron chi connectivity index (χ3n) is 3.91. The molecular formula is C14H28N2O3. The normalized spacial score (nSPS) is 16.4. The summed E-state index contributed by atoms with van der Waals surface area (Å²) in [4.78, 5) is 24.9. The molecule has 3 atom stereocenters. The number of nitrogens with zero attached hydrogens (tertiary/aromatic N) is 1. The van der Waals surface area contributed by atoms with E-state index in [9.17, 15) is 14.7 Å². The zero-order valence-electron chi connectivity index (χ0n) is 13.2. The fourth-order valence-corrected chi connectivity index (χ4v) is 1.67. The summed E-state index contributed by atoms with van der Waals surface area (Å²) in [6.07, 6.45) is 0.704. The van der Waals surface area contributed by atoms with Gasteiger partial charge >= 0.3 is 12.0 Å². The summed E-state index contributed by atoms with van der Waals surface area (Å²) in [6.45, 7) is 11.8. The lowest BCUT2D eigenvalue weighted by Gasteiger charge is -2.36. The lowest BCUT2D eigenvalue weighted by atomic mass is 9.87. The predicted molar refractivity (Wildman–Crippen MR) is 76.1 cm³/mol. The van der Waals surface area contributed by atoms with Crippen LogP contribution in [0.1, 0.15) is 48.0 Å². The maximum Gasteiger partial charge on any atom is 0.326 e. The smallest absolute Gasteiger partial charge is 0.326 e. The van der Waals surface area contributed by atoms with Gasteiger partial charge in [0.2, 0.25) is 0 Å². The summed E-state index contributed by atoms with van der Waals surface area (Å²) in [5, 5.41) is 11.8. The van der Waals surface area contributed by atoms with Gasteiger partial charge in [-0.3, -0.25) is 0 Å². The SMILES string of the molecule is CCC(C)C(NC(=O)N(C)C(C)C(C)(C)C)C(=O)O. The highest BCUT2D eigenvalue weighted by Gasteiger charge is 2.31. The Balaban J connectivity index is 4.79. The largest absolute Gasteiger partial charge is 0.480 e. The van der Waals surface area contributed by atoms with Crippen molar-refractivity contribution < 1.29 is 14.7 Å². The van der Waals surface area contributed by atoms with Gasteiger partial charge in [0.1, 0.15) is 6.04 Å². The Morgan fingerprint density at radius 2 is 1.74 bits per heavy atom. The molecule has 0 aliphatic rings. The maximum absolute atomic E-state index is 12.1. The molecule has 0 aliphatic heterocycles. The molecule has 5 nitrogen and oxygen atoms in total. The fourth-order valence-electron chi connectivity index (χ4n) is 1.67. The van der Waals surface area contributed by atoms with Gasteiger partial charge in [0, 0.05) is 13.1 Å². The number of carboxylic acid groups (broad SMARTS) is 1. The van der Waals surface area contributed by atoms with Gasteiger partial charge in [-0.05, 0) is 18.3 Å². The molecule has 0 saturated carbocycles. The van der Waals surface area contributed by atoms with Gasteiger partial charge in [-0.2, -0.15) is 0 Å². The number of urea groups is 1. The van der Waals surface area contributed by atoms with E-state index in [1.54, 1.807) is 11.9 Å². The standard InChI is InChI=1S/C14H28N2O3/c1-8-9(2)11(12(17)18)15-13(19)16(7)10(3)14(4,5)6/h9-11H,8H2,1-7H3,(H,15,19)(H,17,18). The molecular weight excluding hydrogens is 244 g/mol. The minimum atomic E-state index is -0.987. The van der Waals surface area contributed by atoms with Crippen LogP contribution in [0.4, 0.5) is 4.79 Å². The molecule has 2 N–H and O–H groups in total. The van der Waals surface area contributed by atoms with Crippen molar-refractivity contribution in [2.24, 2.45) is 11.3 Å². The van der Waals surface area contributed by atoms with Gasteiger partial charge in [-0.25, -0.2) is 9.59 Å². The van der Waals surface area contributed by atoms with Gasteiger partial charge in [-0.1, -0.05) is 41.0 Å². The summed E-state index contributed by atoms with van der Waals surface area (Å²) in [5.74, 6) is -1.08. The van der Waals surface area contributed by atoms with Gasteiger partial charge in [-0.15, -0.1) is 0 Å². The zero-order valence-corrected chi connectivity index (χ0v) is 13.2. The highest BCUT2D eigenvalue weighted by atomic mass is 16.4. The van der Waals surface area contributed by atoms with E-state index >= 15 is 0 Å². The first-order valence-corrected chi connectivity index (χ1v) is 6.78. The second-order valence-electron chi connectivity index (χ2n) is 6.30. The Kier molecular flexibility index (Phi) is 6.33. The molecule has 0 rings (SSSR count). The molecule has 0 bridgehead atoms. The lowest BCUT2D eigenvalue weighted by Crippen LogP contribution is -2.53. The van der Waals surface area contributed by atoms with Crippen LogP contribution in [-0.4, -0.2) is 41.1 Å². The van der Waals surface area contributed by atoms with E-state index in [1.807, 2.05) is 41.5 Å². The highest BCUT2D eigenvalue weighted by Crippen LogP contribution is 2.23. The summed E-state index contributed by atoms with van der Waals surface area (Å²) < 4.78 is 0. The Bertz CT molecular complexity index is 323. The minimum Gasteiger partial charge on any atom is -0.480 e.